The number of benzene rings is 3. The summed E-state index contributed by atoms with van der Waals surface area (Å²) in [6.07, 6.45) is 2.06. The lowest BCUT2D eigenvalue weighted by Gasteiger charge is -2.20. The van der Waals surface area contributed by atoms with E-state index in [1.165, 1.54) is 4.90 Å². The third-order valence-electron chi connectivity index (χ3n) is 4.34. The normalized spacial score (nSPS) is 10.9. The lowest BCUT2D eigenvalue weighted by Crippen LogP contribution is -2.30. The summed E-state index contributed by atoms with van der Waals surface area (Å²) >= 11 is 6.68. The molecule has 0 fully saturated rings. The Kier molecular flexibility index (Phi) is 5.80. The SMILES string of the molecule is CSc1ccc2nc(N(Cc3ccccc3)C(=O)c3ccc(Br)cc3)sc2c1. The second-order valence-corrected chi connectivity index (χ2v) is 9.02. The van der Waals surface area contributed by atoms with Crippen molar-refractivity contribution in [2.24, 2.45) is 0 Å². The van der Waals surface area contributed by atoms with Gasteiger partial charge in [-0.2, -0.15) is 0 Å². The van der Waals surface area contributed by atoms with Crippen LogP contribution in [-0.2, 0) is 6.54 Å². The van der Waals surface area contributed by atoms with Crippen molar-refractivity contribution in [3.8, 4) is 0 Å². The Morgan fingerprint density at radius 3 is 2.54 bits per heavy atom. The molecule has 6 heteroatoms. The van der Waals surface area contributed by atoms with Crippen molar-refractivity contribution in [1.29, 1.82) is 0 Å². The number of fused-ring (bicyclic) bond motifs is 1. The van der Waals surface area contributed by atoms with E-state index >= 15 is 0 Å². The van der Waals surface area contributed by atoms with Crippen molar-refractivity contribution in [2.75, 3.05) is 11.2 Å². The predicted octanol–water partition coefficient (Wildman–Crippen LogP) is 6.63. The number of halogens is 1. The minimum Gasteiger partial charge on any atom is -0.279 e. The maximum absolute atomic E-state index is 13.3. The monoisotopic (exact) mass is 468 g/mol. The average molecular weight is 469 g/mol. The quantitative estimate of drug-likeness (QED) is 0.308. The van der Waals surface area contributed by atoms with Crippen molar-refractivity contribution in [3.63, 3.8) is 0 Å². The number of aromatic nitrogens is 1. The van der Waals surface area contributed by atoms with Gasteiger partial charge in [0, 0.05) is 14.9 Å². The Labute approximate surface area is 180 Å². The summed E-state index contributed by atoms with van der Waals surface area (Å²) in [5.41, 5.74) is 2.62. The molecule has 4 rings (SSSR count). The zero-order valence-corrected chi connectivity index (χ0v) is 18.4. The highest BCUT2D eigenvalue weighted by Crippen LogP contribution is 2.33. The van der Waals surface area contributed by atoms with Crippen molar-refractivity contribution >= 4 is 60.3 Å². The topological polar surface area (TPSA) is 33.2 Å². The third kappa shape index (κ3) is 4.14. The van der Waals surface area contributed by atoms with Gasteiger partial charge in [-0.1, -0.05) is 57.6 Å². The van der Waals surface area contributed by atoms with Crippen LogP contribution in [0.4, 0.5) is 5.13 Å². The number of amides is 1. The first kappa shape index (κ1) is 19.2. The van der Waals surface area contributed by atoms with Crippen LogP contribution in [0.2, 0.25) is 0 Å². The molecule has 3 aromatic carbocycles. The van der Waals surface area contributed by atoms with Crippen LogP contribution in [0.1, 0.15) is 15.9 Å². The van der Waals surface area contributed by atoms with Crippen LogP contribution in [0, 0.1) is 0 Å². The molecule has 28 heavy (non-hydrogen) atoms. The fraction of sp³-hybridized carbons (Fsp3) is 0.0909. The van der Waals surface area contributed by atoms with Crippen molar-refractivity contribution in [3.05, 3.63) is 88.4 Å². The molecule has 1 aromatic heterocycles. The molecule has 0 saturated carbocycles. The highest BCUT2D eigenvalue weighted by molar-refractivity contribution is 9.10. The van der Waals surface area contributed by atoms with E-state index < -0.39 is 0 Å². The van der Waals surface area contributed by atoms with Gasteiger partial charge in [0.15, 0.2) is 5.13 Å². The second-order valence-electron chi connectivity index (χ2n) is 6.21. The maximum atomic E-state index is 13.3. The van der Waals surface area contributed by atoms with E-state index in [-0.39, 0.29) is 5.91 Å². The van der Waals surface area contributed by atoms with E-state index in [2.05, 4.69) is 34.3 Å². The van der Waals surface area contributed by atoms with Crippen molar-refractivity contribution < 1.29 is 4.79 Å². The molecule has 0 unspecified atom stereocenters. The number of carbonyl (C=O) groups is 1. The van der Waals surface area contributed by atoms with Gasteiger partial charge < -0.3 is 0 Å². The molecule has 0 radical (unpaired) electrons. The molecule has 0 aliphatic carbocycles. The van der Waals surface area contributed by atoms with E-state index in [4.69, 9.17) is 4.98 Å². The number of thioether (sulfide) groups is 1. The molecule has 0 N–H and O–H groups in total. The maximum Gasteiger partial charge on any atom is 0.260 e. The lowest BCUT2D eigenvalue weighted by molar-refractivity contribution is 0.0985. The van der Waals surface area contributed by atoms with Gasteiger partial charge in [0.2, 0.25) is 0 Å². The lowest BCUT2D eigenvalue weighted by atomic mass is 10.1. The summed E-state index contributed by atoms with van der Waals surface area (Å²) in [4.78, 5) is 21.0. The minimum atomic E-state index is -0.0551. The molecule has 0 atom stereocenters. The van der Waals surface area contributed by atoms with E-state index in [1.54, 1.807) is 28.0 Å². The van der Waals surface area contributed by atoms with Crippen LogP contribution in [0.3, 0.4) is 0 Å². The Bertz CT molecular complexity index is 1110. The first-order valence-corrected chi connectivity index (χ1v) is 11.5. The van der Waals surface area contributed by atoms with Crippen LogP contribution in [0.5, 0.6) is 0 Å². The number of anilines is 1. The van der Waals surface area contributed by atoms with Crippen LogP contribution in [0.25, 0.3) is 10.2 Å². The molecule has 1 amide bonds. The highest BCUT2D eigenvalue weighted by atomic mass is 79.9. The fourth-order valence-electron chi connectivity index (χ4n) is 2.88. The van der Waals surface area contributed by atoms with Gasteiger partial charge in [-0.05, 0) is 54.3 Å². The number of hydrogen-bond donors (Lipinski definition) is 0. The van der Waals surface area contributed by atoms with Crippen LogP contribution in [0.15, 0.2) is 82.2 Å². The van der Waals surface area contributed by atoms with Crippen LogP contribution < -0.4 is 4.90 Å². The van der Waals surface area contributed by atoms with E-state index in [0.29, 0.717) is 17.2 Å². The van der Waals surface area contributed by atoms with E-state index in [9.17, 15) is 4.79 Å². The fourth-order valence-corrected chi connectivity index (χ4v) is 4.66. The summed E-state index contributed by atoms with van der Waals surface area (Å²) in [6, 6.07) is 23.7. The van der Waals surface area contributed by atoms with Gasteiger partial charge >= 0.3 is 0 Å². The van der Waals surface area contributed by atoms with Crippen LogP contribution in [-0.4, -0.2) is 17.1 Å². The van der Waals surface area contributed by atoms with E-state index in [0.717, 1.165) is 20.3 Å². The second kappa shape index (κ2) is 8.47. The molecule has 0 spiro atoms. The zero-order valence-electron chi connectivity index (χ0n) is 15.1. The number of thiazole rings is 1. The number of nitrogens with zero attached hydrogens (tertiary/aromatic N) is 2. The van der Waals surface area contributed by atoms with Gasteiger partial charge in [0.05, 0.1) is 16.8 Å². The molecule has 140 valence electrons. The van der Waals surface area contributed by atoms with Gasteiger partial charge in [-0.25, -0.2) is 4.98 Å². The predicted molar refractivity (Wildman–Crippen MR) is 122 cm³/mol. The summed E-state index contributed by atoms with van der Waals surface area (Å²) in [6.45, 7) is 0.477. The average Bonchev–Trinajstić information content (AvgIpc) is 3.15. The standard InChI is InChI=1S/C22H17BrN2OS2/c1-27-18-11-12-19-20(13-18)28-22(24-19)25(14-15-5-3-2-4-6-15)21(26)16-7-9-17(23)10-8-16/h2-13H,14H2,1H3. The zero-order chi connectivity index (χ0) is 19.5. The molecular formula is C22H17BrN2OS2. The molecule has 1 heterocycles. The molecule has 0 aliphatic heterocycles. The smallest absolute Gasteiger partial charge is 0.260 e. The molecule has 0 aliphatic rings. The summed E-state index contributed by atoms with van der Waals surface area (Å²) in [5, 5.41) is 0.713. The largest absolute Gasteiger partial charge is 0.279 e. The minimum absolute atomic E-state index is 0.0551. The Morgan fingerprint density at radius 2 is 1.82 bits per heavy atom. The molecule has 4 aromatic rings. The Balaban J connectivity index is 1.75. The van der Waals surface area contributed by atoms with Crippen molar-refractivity contribution in [1.82, 2.24) is 4.98 Å². The van der Waals surface area contributed by atoms with Gasteiger partial charge in [-0.15, -0.1) is 11.8 Å². The molecule has 0 saturated heterocycles. The first-order chi connectivity index (χ1) is 13.6. The van der Waals surface area contributed by atoms with Crippen LogP contribution >= 0.6 is 39.0 Å². The Morgan fingerprint density at radius 1 is 1.07 bits per heavy atom. The number of carbonyl (C=O) groups excluding carboxylic acids is 1. The highest BCUT2D eigenvalue weighted by Gasteiger charge is 2.22. The molecule has 3 nitrogen and oxygen atoms in total. The number of hydrogen-bond acceptors (Lipinski definition) is 4. The van der Waals surface area contributed by atoms with Gasteiger partial charge in [0.25, 0.3) is 5.91 Å². The summed E-state index contributed by atoms with van der Waals surface area (Å²) < 4.78 is 2.03. The third-order valence-corrected chi connectivity index (χ3v) is 6.63. The first-order valence-electron chi connectivity index (χ1n) is 8.70. The van der Waals surface area contributed by atoms with Crippen molar-refractivity contribution in [2.45, 2.75) is 11.4 Å². The summed E-state index contributed by atoms with van der Waals surface area (Å²) in [5.74, 6) is -0.0551. The van der Waals surface area contributed by atoms with Gasteiger partial charge in [0.1, 0.15) is 0 Å². The number of rotatable bonds is 5. The van der Waals surface area contributed by atoms with E-state index in [1.807, 2.05) is 60.7 Å². The summed E-state index contributed by atoms with van der Waals surface area (Å²) in [7, 11) is 0. The Hall–Kier alpha value is -2.15. The molecule has 0 bridgehead atoms. The van der Waals surface area contributed by atoms with Gasteiger partial charge in [-0.3, -0.25) is 9.69 Å². The molecular weight excluding hydrogens is 452 g/mol.